The SMILES string of the molecule is Cc1cnc(N2CCN(CC(C)C)CC2)c(N)c1. The van der Waals surface area contributed by atoms with E-state index in [1.54, 1.807) is 0 Å². The van der Waals surface area contributed by atoms with Crippen LogP contribution in [0.3, 0.4) is 0 Å². The molecule has 1 aromatic rings. The fourth-order valence-corrected chi connectivity index (χ4v) is 2.51. The number of aromatic nitrogens is 1. The fraction of sp³-hybridized carbons (Fsp3) is 0.643. The van der Waals surface area contributed by atoms with E-state index in [4.69, 9.17) is 5.73 Å². The molecule has 1 aromatic heterocycles. The van der Waals surface area contributed by atoms with Crippen molar-refractivity contribution >= 4 is 11.5 Å². The third-order valence-electron chi connectivity index (χ3n) is 3.33. The van der Waals surface area contributed by atoms with E-state index in [9.17, 15) is 0 Å². The molecule has 1 aliphatic rings. The Kier molecular flexibility index (Phi) is 4.07. The number of aryl methyl sites for hydroxylation is 1. The lowest BCUT2D eigenvalue weighted by atomic mass is 10.2. The van der Waals surface area contributed by atoms with E-state index >= 15 is 0 Å². The largest absolute Gasteiger partial charge is 0.396 e. The third-order valence-corrected chi connectivity index (χ3v) is 3.33. The predicted molar refractivity (Wildman–Crippen MR) is 76.9 cm³/mol. The van der Waals surface area contributed by atoms with Gasteiger partial charge in [0, 0.05) is 38.9 Å². The quantitative estimate of drug-likeness (QED) is 0.885. The summed E-state index contributed by atoms with van der Waals surface area (Å²) >= 11 is 0. The van der Waals surface area contributed by atoms with Gasteiger partial charge in [-0.15, -0.1) is 0 Å². The molecule has 0 unspecified atom stereocenters. The van der Waals surface area contributed by atoms with Gasteiger partial charge in [-0.1, -0.05) is 13.8 Å². The number of nitrogen functional groups attached to an aromatic ring is 1. The summed E-state index contributed by atoms with van der Waals surface area (Å²) in [4.78, 5) is 9.29. The molecule has 2 N–H and O–H groups in total. The maximum Gasteiger partial charge on any atom is 0.151 e. The molecule has 18 heavy (non-hydrogen) atoms. The standard InChI is InChI=1S/C14H24N4/c1-11(2)10-17-4-6-18(7-5-17)14-13(15)8-12(3)9-16-14/h8-9,11H,4-7,10,15H2,1-3H3. The lowest BCUT2D eigenvalue weighted by Crippen LogP contribution is -2.47. The molecule has 0 bridgehead atoms. The van der Waals surface area contributed by atoms with E-state index in [2.05, 4.69) is 28.6 Å². The number of hydrogen-bond donors (Lipinski definition) is 1. The van der Waals surface area contributed by atoms with Crippen molar-refractivity contribution in [3.63, 3.8) is 0 Å². The van der Waals surface area contributed by atoms with Gasteiger partial charge < -0.3 is 10.6 Å². The lowest BCUT2D eigenvalue weighted by molar-refractivity contribution is 0.231. The van der Waals surface area contributed by atoms with Gasteiger partial charge in [0.15, 0.2) is 5.82 Å². The zero-order chi connectivity index (χ0) is 13.1. The number of nitrogens with two attached hydrogens (primary N) is 1. The zero-order valence-electron chi connectivity index (χ0n) is 11.7. The van der Waals surface area contributed by atoms with E-state index in [0.29, 0.717) is 0 Å². The van der Waals surface area contributed by atoms with Gasteiger partial charge in [-0.05, 0) is 24.5 Å². The van der Waals surface area contributed by atoms with Crippen LogP contribution >= 0.6 is 0 Å². The Bertz CT molecular complexity index is 395. The molecular weight excluding hydrogens is 224 g/mol. The first-order valence-electron chi connectivity index (χ1n) is 6.75. The fourth-order valence-electron chi connectivity index (χ4n) is 2.51. The van der Waals surface area contributed by atoms with E-state index in [0.717, 1.165) is 49.2 Å². The summed E-state index contributed by atoms with van der Waals surface area (Å²) in [5.41, 5.74) is 7.97. The summed E-state index contributed by atoms with van der Waals surface area (Å²) in [6.07, 6.45) is 1.90. The van der Waals surface area contributed by atoms with Gasteiger partial charge in [0.25, 0.3) is 0 Å². The van der Waals surface area contributed by atoms with E-state index in [1.165, 1.54) is 6.54 Å². The van der Waals surface area contributed by atoms with Gasteiger partial charge in [0.2, 0.25) is 0 Å². The molecule has 100 valence electrons. The summed E-state index contributed by atoms with van der Waals surface area (Å²) in [7, 11) is 0. The molecule has 0 aliphatic carbocycles. The van der Waals surface area contributed by atoms with E-state index in [1.807, 2.05) is 19.2 Å². The molecule has 2 heterocycles. The summed E-state index contributed by atoms with van der Waals surface area (Å²) in [6, 6.07) is 2.00. The topological polar surface area (TPSA) is 45.4 Å². The van der Waals surface area contributed by atoms with E-state index in [-0.39, 0.29) is 0 Å². The smallest absolute Gasteiger partial charge is 0.151 e. The van der Waals surface area contributed by atoms with Gasteiger partial charge in [-0.3, -0.25) is 4.90 Å². The second kappa shape index (κ2) is 5.57. The van der Waals surface area contributed by atoms with Crippen molar-refractivity contribution in [1.29, 1.82) is 0 Å². The monoisotopic (exact) mass is 248 g/mol. The lowest BCUT2D eigenvalue weighted by Gasteiger charge is -2.36. The van der Waals surface area contributed by atoms with Crippen molar-refractivity contribution in [2.75, 3.05) is 43.4 Å². The van der Waals surface area contributed by atoms with Crippen LogP contribution in [-0.4, -0.2) is 42.6 Å². The van der Waals surface area contributed by atoms with E-state index < -0.39 is 0 Å². The highest BCUT2D eigenvalue weighted by molar-refractivity contribution is 5.63. The average molecular weight is 248 g/mol. The summed E-state index contributed by atoms with van der Waals surface area (Å²) < 4.78 is 0. The van der Waals surface area contributed by atoms with Gasteiger partial charge in [-0.2, -0.15) is 0 Å². The Hall–Kier alpha value is -1.29. The van der Waals surface area contributed by atoms with Gasteiger partial charge in [0.05, 0.1) is 5.69 Å². The Balaban J connectivity index is 1.97. The van der Waals surface area contributed by atoms with Crippen LogP contribution < -0.4 is 10.6 Å². The molecular formula is C14H24N4. The molecule has 1 saturated heterocycles. The van der Waals surface area contributed by atoms with Crippen molar-refractivity contribution in [2.45, 2.75) is 20.8 Å². The second-order valence-electron chi connectivity index (χ2n) is 5.61. The van der Waals surface area contributed by atoms with Crippen LogP contribution in [0.2, 0.25) is 0 Å². The van der Waals surface area contributed by atoms with Crippen molar-refractivity contribution in [2.24, 2.45) is 5.92 Å². The van der Waals surface area contributed by atoms with Crippen LogP contribution in [0, 0.1) is 12.8 Å². The highest BCUT2D eigenvalue weighted by atomic mass is 15.3. The molecule has 0 spiro atoms. The molecule has 4 nitrogen and oxygen atoms in total. The molecule has 1 aliphatic heterocycles. The Labute approximate surface area is 110 Å². The Morgan fingerprint density at radius 1 is 1.28 bits per heavy atom. The van der Waals surface area contributed by atoms with Crippen LogP contribution in [0.4, 0.5) is 11.5 Å². The first-order valence-corrected chi connectivity index (χ1v) is 6.75. The predicted octanol–water partition coefficient (Wildman–Crippen LogP) is 1.75. The summed E-state index contributed by atoms with van der Waals surface area (Å²) in [5.74, 6) is 1.68. The number of hydrogen-bond acceptors (Lipinski definition) is 4. The highest BCUT2D eigenvalue weighted by Crippen LogP contribution is 2.22. The van der Waals surface area contributed by atoms with Gasteiger partial charge in [0.1, 0.15) is 0 Å². The van der Waals surface area contributed by atoms with Gasteiger partial charge in [-0.25, -0.2) is 4.98 Å². The molecule has 4 heteroatoms. The summed E-state index contributed by atoms with van der Waals surface area (Å²) in [6.45, 7) is 12.0. The Morgan fingerprint density at radius 3 is 2.50 bits per heavy atom. The van der Waals surface area contributed by atoms with Crippen molar-refractivity contribution in [3.05, 3.63) is 17.8 Å². The maximum atomic E-state index is 6.05. The highest BCUT2D eigenvalue weighted by Gasteiger charge is 2.19. The van der Waals surface area contributed by atoms with Gasteiger partial charge >= 0.3 is 0 Å². The Morgan fingerprint density at radius 2 is 1.94 bits per heavy atom. The number of anilines is 2. The van der Waals surface area contributed by atoms with Crippen LogP contribution in [0.5, 0.6) is 0 Å². The number of pyridine rings is 1. The zero-order valence-corrected chi connectivity index (χ0v) is 11.7. The molecule has 0 radical (unpaired) electrons. The maximum absolute atomic E-state index is 6.05. The number of piperazine rings is 1. The molecule has 0 saturated carbocycles. The summed E-state index contributed by atoms with van der Waals surface area (Å²) in [5, 5.41) is 0. The van der Waals surface area contributed by atoms with Crippen molar-refractivity contribution < 1.29 is 0 Å². The molecule has 1 fully saturated rings. The molecule has 0 amide bonds. The number of rotatable bonds is 3. The minimum Gasteiger partial charge on any atom is -0.396 e. The normalized spacial score (nSPS) is 17.4. The molecule has 0 atom stereocenters. The number of nitrogens with zero attached hydrogens (tertiary/aromatic N) is 3. The van der Waals surface area contributed by atoms with Crippen molar-refractivity contribution in [3.8, 4) is 0 Å². The molecule has 0 aromatic carbocycles. The third kappa shape index (κ3) is 3.13. The first kappa shape index (κ1) is 13.1. The van der Waals surface area contributed by atoms with Crippen LogP contribution in [0.15, 0.2) is 12.3 Å². The minimum atomic E-state index is 0.735. The van der Waals surface area contributed by atoms with Crippen LogP contribution in [0.25, 0.3) is 0 Å². The minimum absolute atomic E-state index is 0.735. The average Bonchev–Trinajstić information content (AvgIpc) is 2.30. The first-order chi connectivity index (χ1) is 8.56. The second-order valence-corrected chi connectivity index (χ2v) is 5.61. The molecule has 2 rings (SSSR count). The van der Waals surface area contributed by atoms with Crippen LogP contribution in [-0.2, 0) is 0 Å². The van der Waals surface area contributed by atoms with Crippen LogP contribution in [0.1, 0.15) is 19.4 Å². The van der Waals surface area contributed by atoms with Crippen molar-refractivity contribution in [1.82, 2.24) is 9.88 Å².